The predicted molar refractivity (Wildman–Crippen MR) is 131 cm³/mol. The van der Waals surface area contributed by atoms with Crippen LogP contribution in [0.4, 0.5) is 5.82 Å². The molecule has 2 saturated heterocycles. The highest BCUT2D eigenvalue weighted by molar-refractivity contribution is 5.80. The lowest BCUT2D eigenvalue weighted by Gasteiger charge is -2.39. The number of anilines is 1. The second-order valence-corrected chi connectivity index (χ2v) is 9.18. The second-order valence-electron chi connectivity index (χ2n) is 9.18. The molecule has 5 rings (SSSR count). The molecule has 0 bridgehead atoms. The summed E-state index contributed by atoms with van der Waals surface area (Å²) in [6.45, 7) is 9.49. The van der Waals surface area contributed by atoms with Crippen LogP contribution in [-0.4, -0.2) is 76.1 Å². The number of fused-ring (bicyclic) bond motifs is 1. The Kier molecular flexibility index (Phi) is 6.58. The average molecular weight is 447 g/mol. The van der Waals surface area contributed by atoms with Gasteiger partial charge in [0.1, 0.15) is 11.5 Å². The standard InChI is InChI=1S/C26H34N6O/c1-2-30-20-22(23-6-5-12-28-25(23)30)10-15-29-13-8-21(9-14-29)26(33)32-18-16-31(17-19-32)24-7-3-4-11-27-24/h3-7,11-12,20-21H,2,8-10,13-19H2,1H3. The third kappa shape index (κ3) is 4.74. The fraction of sp³-hybridized carbons (Fsp3) is 0.500. The molecule has 0 spiro atoms. The third-order valence-corrected chi connectivity index (χ3v) is 7.26. The van der Waals surface area contributed by atoms with Gasteiger partial charge in [0, 0.05) is 69.2 Å². The van der Waals surface area contributed by atoms with Gasteiger partial charge < -0.3 is 19.3 Å². The van der Waals surface area contributed by atoms with Crippen molar-refractivity contribution in [2.75, 3.05) is 50.7 Å². The van der Waals surface area contributed by atoms with E-state index in [-0.39, 0.29) is 5.92 Å². The Morgan fingerprint density at radius 1 is 0.970 bits per heavy atom. The fourth-order valence-corrected chi connectivity index (χ4v) is 5.27. The van der Waals surface area contributed by atoms with E-state index in [2.05, 4.69) is 48.4 Å². The summed E-state index contributed by atoms with van der Waals surface area (Å²) in [7, 11) is 0. The highest BCUT2D eigenvalue weighted by Gasteiger charge is 2.30. The zero-order valence-corrected chi connectivity index (χ0v) is 19.6. The number of aryl methyl sites for hydroxylation is 1. The van der Waals surface area contributed by atoms with Crippen molar-refractivity contribution >= 4 is 22.8 Å². The van der Waals surface area contributed by atoms with Crippen molar-refractivity contribution < 1.29 is 4.79 Å². The van der Waals surface area contributed by atoms with Crippen molar-refractivity contribution in [3.63, 3.8) is 0 Å². The Balaban J connectivity index is 1.09. The molecule has 7 nitrogen and oxygen atoms in total. The highest BCUT2D eigenvalue weighted by Crippen LogP contribution is 2.24. The fourth-order valence-electron chi connectivity index (χ4n) is 5.27. The van der Waals surface area contributed by atoms with Crippen molar-refractivity contribution in [1.82, 2.24) is 24.3 Å². The van der Waals surface area contributed by atoms with E-state index in [1.54, 1.807) is 0 Å². The van der Waals surface area contributed by atoms with E-state index in [0.29, 0.717) is 5.91 Å². The van der Waals surface area contributed by atoms with Crippen LogP contribution in [0.2, 0.25) is 0 Å². The van der Waals surface area contributed by atoms with E-state index < -0.39 is 0 Å². The number of rotatable bonds is 6. The van der Waals surface area contributed by atoms with Gasteiger partial charge in [-0.05, 0) is 69.1 Å². The number of carbonyl (C=O) groups is 1. The van der Waals surface area contributed by atoms with E-state index in [9.17, 15) is 4.79 Å². The molecule has 0 aliphatic carbocycles. The SMILES string of the molecule is CCn1cc(CCN2CCC(C(=O)N3CCN(c4ccccn4)CC3)CC2)c2cccnc21. The summed E-state index contributed by atoms with van der Waals surface area (Å²) in [6, 6.07) is 10.2. The van der Waals surface area contributed by atoms with Crippen LogP contribution in [0.5, 0.6) is 0 Å². The topological polar surface area (TPSA) is 57.5 Å². The highest BCUT2D eigenvalue weighted by atomic mass is 16.2. The van der Waals surface area contributed by atoms with Crippen molar-refractivity contribution in [3.8, 4) is 0 Å². The van der Waals surface area contributed by atoms with Crippen LogP contribution in [0.15, 0.2) is 48.9 Å². The summed E-state index contributed by atoms with van der Waals surface area (Å²) in [6.07, 6.45) is 8.94. The minimum absolute atomic E-state index is 0.175. The van der Waals surface area contributed by atoms with Gasteiger partial charge in [-0.25, -0.2) is 9.97 Å². The molecule has 2 fully saturated rings. The van der Waals surface area contributed by atoms with Crippen LogP contribution in [0.1, 0.15) is 25.3 Å². The Morgan fingerprint density at radius 2 is 1.76 bits per heavy atom. The number of hydrogen-bond donors (Lipinski definition) is 0. The van der Waals surface area contributed by atoms with Crippen LogP contribution in [0.3, 0.4) is 0 Å². The summed E-state index contributed by atoms with van der Waals surface area (Å²) in [5.74, 6) is 1.54. The Hall–Kier alpha value is -2.93. The molecule has 3 aromatic heterocycles. The molecule has 1 amide bonds. The van der Waals surface area contributed by atoms with Gasteiger partial charge in [-0.15, -0.1) is 0 Å². The van der Waals surface area contributed by atoms with Gasteiger partial charge in [0.2, 0.25) is 5.91 Å². The first kappa shape index (κ1) is 21.9. The van der Waals surface area contributed by atoms with Gasteiger partial charge in [-0.1, -0.05) is 6.07 Å². The lowest BCUT2D eigenvalue weighted by molar-refractivity contribution is -0.137. The number of piperidine rings is 1. The molecule has 0 N–H and O–H groups in total. The van der Waals surface area contributed by atoms with Gasteiger partial charge in [-0.3, -0.25) is 4.79 Å². The number of carbonyl (C=O) groups excluding carboxylic acids is 1. The summed E-state index contributed by atoms with van der Waals surface area (Å²) in [5, 5.41) is 1.27. The first-order valence-corrected chi connectivity index (χ1v) is 12.3. The molecule has 0 unspecified atom stereocenters. The molecule has 0 aromatic carbocycles. The number of nitrogens with zero attached hydrogens (tertiary/aromatic N) is 6. The maximum atomic E-state index is 13.1. The van der Waals surface area contributed by atoms with Crippen molar-refractivity contribution in [3.05, 3.63) is 54.5 Å². The lowest BCUT2D eigenvalue weighted by Crippen LogP contribution is -2.52. The molecule has 5 heterocycles. The lowest BCUT2D eigenvalue weighted by atomic mass is 9.94. The zero-order valence-electron chi connectivity index (χ0n) is 19.6. The van der Waals surface area contributed by atoms with Gasteiger partial charge in [0.15, 0.2) is 0 Å². The minimum atomic E-state index is 0.175. The monoisotopic (exact) mass is 446 g/mol. The average Bonchev–Trinajstić information content (AvgIpc) is 3.26. The first-order valence-electron chi connectivity index (χ1n) is 12.3. The van der Waals surface area contributed by atoms with Crippen LogP contribution >= 0.6 is 0 Å². The van der Waals surface area contributed by atoms with E-state index in [4.69, 9.17) is 0 Å². The zero-order chi connectivity index (χ0) is 22.6. The Labute approximate surface area is 196 Å². The molecule has 0 saturated carbocycles. The van der Waals surface area contributed by atoms with Gasteiger partial charge >= 0.3 is 0 Å². The summed E-state index contributed by atoms with van der Waals surface area (Å²) in [4.78, 5) is 29.0. The molecule has 2 aliphatic heterocycles. The largest absolute Gasteiger partial charge is 0.353 e. The van der Waals surface area contributed by atoms with E-state index in [1.807, 2.05) is 36.7 Å². The quantitative estimate of drug-likeness (QED) is 0.583. The van der Waals surface area contributed by atoms with Crippen LogP contribution in [0.25, 0.3) is 11.0 Å². The number of hydrogen-bond acceptors (Lipinski definition) is 5. The predicted octanol–water partition coefficient (Wildman–Crippen LogP) is 3.05. The second kappa shape index (κ2) is 9.91. The van der Waals surface area contributed by atoms with Gasteiger partial charge in [-0.2, -0.15) is 0 Å². The van der Waals surface area contributed by atoms with Gasteiger partial charge in [0.25, 0.3) is 0 Å². The molecule has 2 aliphatic rings. The molecule has 0 atom stereocenters. The van der Waals surface area contributed by atoms with Gasteiger partial charge in [0.05, 0.1) is 0 Å². The van der Waals surface area contributed by atoms with E-state index >= 15 is 0 Å². The normalized spacial score (nSPS) is 18.2. The molecular formula is C26H34N6O. The van der Waals surface area contributed by atoms with E-state index in [0.717, 1.165) is 83.1 Å². The van der Waals surface area contributed by atoms with Crippen LogP contribution in [-0.2, 0) is 17.8 Å². The van der Waals surface area contributed by atoms with Crippen molar-refractivity contribution in [1.29, 1.82) is 0 Å². The minimum Gasteiger partial charge on any atom is -0.353 e. The van der Waals surface area contributed by atoms with Crippen molar-refractivity contribution in [2.24, 2.45) is 5.92 Å². The Bertz CT molecular complexity index is 1060. The van der Waals surface area contributed by atoms with Crippen LogP contribution in [0, 0.1) is 5.92 Å². The molecular weight excluding hydrogens is 412 g/mol. The molecule has 33 heavy (non-hydrogen) atoms. The molecule has 174 valence electrons. The number of piperazine rings is 1. The molecule has 7 heteroatoms. The number of aromatic nitrogens is 3. The number of amides is 1. The van der Waals surface area contributed by atoms with Crippen LogP contribution < -0.4 is 4.90 Å². The maximum absolute atomic E-state index is 13.1. The molecule has 3 aromatic rings. The smallest absolute Gasteiger partial charge is 0.225 e. The third-order valence-electron chi connectivity index (χ3n) is 7.26. The van der Waals surface area contributed by atoms with E-state index in [1.165, 1.54) is 10.9 Å². The molecule has 0 radical (unpaired) electrons. The number of pyridine rings is 2. The summed E-state index contributed by atoms with van der Waals surface area (Å²) >= 11 is 0. The number of likely N-dealkylation sites (tertiary alicyclic amines) is 1. The first-order chi connectivity index (χ1) is 16.2. The Morgan fingerprint density at radius 3 is 2.48 bits per heavy atom. The summed E-state index contributed by atoms with van der Waals surface area (Å²) in [5.41, 5.74) is 2.46. The summed E-state index contributed by atoms with van der Waals surface area (Å²) < 4.78 is 2.24. The maximum Gasteiger partial charge on any atom is 0.225 e. The van der Waals surface area contributed by atoms with Crippen molar-refractivity contribution in [2.45, 2.75) is 32.7 Å².